The van der Waals surface area contributed by atoms with Gasteiger partial charge in [0.15, 0.2) is 0 Å². The summed E-state index contributed by atoms with van der Waals surface area (Å²) in [5.74, 6) is -0.301. The van der Waals surface area contributed by atoms with Crippen LogP contribution in [0.3, 0.4) is 0 Å². The van der Waals surface area contributed by atoms with Gasteiger partial charge in [-0.1, -0.05) is 42.0 Å². The lowest BCUT2D eigenvalue weighted by molar-refractivity contribution is 0.0694. The minimum atomic E-state index is -0.883. The number of hydrogen-bond donors (Lipinski definition) is 2. The molecular formula is C19H16ClNO2. The van der Waals surface area contributed by atoms with Gasteiger partial charge in [0, 0.05) is 16.6 Å². The zero-order valence-corrected chi connectivity index (χ0v) is 13.1. The third kappa shape index (κ3) is 2.32. The van der Waals surface area contributed by atoms with Crippen molar-refractivity contribution in [2.75, 3.05) is 5.32 Å². The van der Waals surface area contributed by atoms with Gasteiger partial charge in [-0.3, -0.25) is 0 Å². The van der Waals surface area contributed by atoms with E-state index < -0.39 is 5.97 Å². The van der Waals surface area contributed by atoms with Crippen molar-refractivity contribution in [3.63, 3.8) is 0 Å². The molecule has 0 bridgehead atoms. The zero-order valence-electron chi connectivity index (χ0n) is 12.4. The summed E-state index contributed by atoms with van der Waals surface area (Å²) >= 11 is 6.16. The summed E-state index contributed by atoms with van der Waals surface area (Å²) in [6, 6.07) is 13.1. The van der Waals surface area contributed by atoms with Crippen LogP contribution in [0.4, 0.5) is 5.69 Å². The lowest BCUT2D eigenvalue weighted by Gasteiger charge is -2.38. The van der Waals surface area contributed by atoms with Crippen LogP contribution in [0.2, 0.25) is 5.02 Å². The first kappa shape index (κ1) is 14.3. The van der Waals surface area contributed by atoms with Crippen molar-refractivity contribution in [1.29, 1.82) is 0 Å². The van der Waals surface area contributed by atoms with Crippen molar-refractivity contribution in [3.8, 4) is 0 Å². The van der Waals surface area contributed by atoms with E-state index in [0.29, 0.717) is 11.5 Å². The molecule has 1 aliphatic heterocycles. The number of fused-ring (bicyclic) bond motifs is 3. The number of carboxylic acid groups (broad SMARTS) is 1. The molecule has 23 heavy (non-hydrogen) atoms. The van der Waals surface area contributed by atoms with E-state index in [0.717, 1.165) is 22.7 Å². The Morgan fingerprint density at radius 3 is 2.83 bits per heavy atom. The molecule has 4 heteroatoms. The molecule has 2 aromatic rings. The number of rotatable bonds is 2. The highest BCUT2D eigenvalue weighted by Gasteiger charge is 2.39. The van der Waals surface area contributed by atoms with Gasteiger partial charge < -0.3 is 10.4 Å². The fraction of sp³-hybridized carbons (Fsp3) is 0.211. The first-order valence-corrected chi connectivity index (χ1v) is 8.08. The summed E-state index contributed by atoms with van der Waals surface area (Å²) in [6.07, 6.45) is 5.34. The molecule has 3 atom stereocenters. The highest BCUT2D eigenvalue weighted by Crippen LogP contribution is 2.50. The highest BCUT2D eigenvalue weighted by atomic mass is 35.5. The fourth-order valence-corrected chi connectivity index (χ4v) is 4.02. The minimum Gasteiger partial charge on any atom is -0.478 e. The lowest BCUT2D eigenvalue weighted by Crippen LogP contribution is -2.30. The Hall–Kier alpha value is -2.26. The number of nitrogens with one attached hydrogen (secondary N) is 1. The molecule has 3 nitrogen and oxygen atoms in total. The number of carbonyl (C=O) groups is 1. The lowest BCUT2D eigenvalue weighted by atomic mass is 9.76. The first-order chi connectivity index (χ1) is 11.1. The van der Waals surface area contributed by atoms with Gasteiger partial charge in [-0.2, -0.15) is 0 Å². The third-order valence-corrected chi connectivity index (χ3v) is 5.09. The molecule has 2 aromatic carbocycles. The fourth-order valence-electron chi connectivity index (χ4n) is 3.84. The number of benzene rings is 2. The molecule has 0 unspecified atom stereocenters. The van der Waals surface area contributed by atoms with Gasteiger partial charge in [0.25, 0.3) is 0 Å². The van der Waals surface area contributed by atoms with Crippen LogP contribution in [0.15, 0.2) is 54.6 Å². The van der Waals surface area contributed by atoms with E-state index in [1.54, 1.807) is 12.1 Å². The van der Waals surface area contributed by atoms with E-state index in [9.17, 15) is 9.90 Å². The summed E-state index contributed by atoms with van der Waals surface area (Å²) < 4.78 is 0. The van der Waals surface area contributed by atoms with Crippen molar-refractivity contribution >= 4 is 23.3 Å². The second-order valence-corrected chi connectivity index (χ2v) is 6.54. The standard InChI is InChI=1S/C19H16ClNO2/c20-11-8-9-17-16(10-11)12-6-3-7-13(12)18(21-17)14-4-1-2-5-15(14)19(22)23/h1-6,8-10,12-13,18,21H,7H2,(H,22,23)/t12-,13-,18-/m1/s1. The van der Waals surface area contributed by atoms with Crippen molar-refractivity contribution in [1.82, 2.24) is 0 Å². The Kier molecular flexibility index (Phi) is 3.38. The molecule has 116 valence electrons. The Morgan fingerprint density at radius 2 is 2.00 bits per heavy atom. The van der Waals surface area contributed by atoms with Crippen LogP contribution in [0.25, 0.3) is 0 Å². The summed E-state index contributed by atoms with van der Waals surface area (Å²) in [4.78, 5) is 11.6. The molecule has 2 N–H and O–H groups in total. The third-order valence-electron chi connectivity index (χ3n) is 4.85. The van der Waals surface area contributed by atoms with Gasteiger partial charge in [0.2, 0.25) is 0 Å². The molecule has 0 radical (unpaired) electrons. The van der Waals surface area contributed by atoms with Crippen LogP contribution in [0.1, 0.15) is 39.9 Å². The quantitative estimate of drug-likeness (QED) is 0.775. The largest absolute Gasteiger partial charge is 0.478 e. The van der Waals surface area contributed by atoms with Crippen LogP contribution in [-0.4, -0.2) is 11.1 Å². The maximum Gasteiger partial charge on any atom is 0.336 e. The number of hydrogen-bond acceptors (Lipinski definition) is 2. The number of aromatic carboxylic acids is 1. The number of anilines is 1. The molecule has 0 aromatic heterocycles. The summed E-state index contributed by atoms with van der Waals surface area (Å²) in [5, 5.41) is 13.8. The molecule has 0 spiro atoms. The number of halogens is 1. The van der Waals surface area contributed by atoms with Crippen molar-refractivity contribution < 1.29 is 9.90 Å². The summed E-state index contributed by atoms with van der Waals surface area (Å²) in [7, 11) is 0. The van der Waals surface area contributed by atoms with Crippen LogP contribution < -0.4 is 5.32 Å². The molecule has 1 aliphatic carbocycles. The van der Waals surface area contributed by atoms with E-state index in [-0.39, 0.29) is 12.0 Å². The van der Waals surface area contributed by atoms with Crippen LogP contribution in [0.5, 0.6) is 0 Å². The maximum atomic E-state index is 11.6. The monoisotopic (exact) mass is 325 g/mol. The normalized spacial score (nSPS) is 24.7. The number of carboxylic acids is 1. The SMILES string of the molecule is O=C(O)c1ccccc1[C@@H]1Nc2ccc(Cl)cc2[C@@H]2C=CC[C@H]21. The van der Waals surface area contributed by atoms with E-state index >= 15 is 0 Å². The van der Waals surface area contributed by atoms with Gasteiger partial charge >= 0.3 is 5.97 Å². The molecular weight excluding hydrogens is 310 g/mol. The average molecular weight is 326 g/mol. The Morgan fingerprint density at radius 1 is 1.17 bits per heavy atom. The smallest absolute Gasteiger partial charge is 0.336 e. The van der Waals surface area contributed by atoms with Gasteiger partial charge in [0.1, 0.15) is 0 Å². The molecule has 0 saturated carbocycles. The van der Waals surface area contributed by atoms with Crippen LogP contribution >= 0.6 is 11.6 Å². The molecule has 1 heterocycles. The van der Waals surface area contributed by atoms with Crippen LogP contribution in [0, 0.1) is 5.92 Å². The van der Waals surface area contributed by atoms with Crippen molar-refractivity contribution in [2.24, 2.45) is 5.92 Å². The number of allylic oxidation sites excluding steroid dienone is 2. The van der Waals surface area contributed by atoms with Gasteiger partial charge in [-0.05, 0) is 47.7 Å². The van der Waals surface area contributed by atoms with E-state index in [1.165, 1.54) is 5.56 Å². The molecule has 0 saturated heterocycles. The van der Waals surface area contributed by atoms with Crippen molar-refractivity contribution in [2.45, 2.75) is 18.4 Å². The molecule has 4 rings (SSSR count). The second-order valence-electron chi connectivity index (χ2n) is 6.10. The maximum absolute atomic E-state index is 11.6. The average Bonchev–Trinajstić information content (AvgIpc) is 3.04. The topological polar surface area (TPSA) is 49.3 Å². The second kappa shape index (κ2) is 5.43. The molecule has 0 amide bonds. The first-order valence-electron chi connectivity index (χ1n) is 7.70. The summed E-state index contributed by atoms with van der Waals surface area (Å²) in [5.41, 5.74) is 3.44. The predicted octanol–water partition coefficient (Wildman–Crippen LogP) is 4.86. The Labute approximate surface area is 139 Å². The van der Waals surface area contributed by atoms with Crippen LogP contribution in [-0.2, 0) is 0 Å². The van der Waals surface area contributed by atoms with Crippen molar-refractivity contribution in [3.05, 3.63) is 76.3 Å². The minimum absolute atomic E-state index is 0.0176. The Balaban J connectivity index is 1.83. The highest BCUT2D eigenvalue weighted by molar-refractivity contribution is 6.30. The molecule has 0 fully saturated rings. The van der Waals surface area contributed by atoms with Gasteiger partial charge in [-0.15, -0.1) is 0 Å². The van der Waals surface area contributed by atoms with Gasteiger partial charge in [-0.25, -0.2) is 4.79 Å². The van der Waals surface area contributed by atoms with E-state index in [4.69, 9.17) is 11.6 Å². The Bertz CT molecular complexity index is 815. The predicted molar refractivity (Wildman–Crippen MR) is 91.2 cm³/mol. The zero-order chi connectivity index (χ0) is 16.0. The molecule has 2 aliphatic rings. The van der Waals surface area contributed by atoms with E-state index in [2.05, 4.69) is 17.5 Å². The summed E-state index contributed by atoms with van der Waals surface area (Å²) in [6.45, 7) is 0. The van der Waals surface area contributed by atoms with E-state index in [1.807, 2.05) is 30.3 Å². The van der Waals surface area contributed by atoms with Gasteiger partial charge in [0.05, 0.1) is 11.6 Å².